The second kappa shape index (κ2) is 7.03. The Balaban J connectivity index is 1.48. The van der Waals surface area contributed by atoms with Crippen LogP contribution in [0.2, 0.25) is 0 Å². The molecule has 1 aromatic rings. The largest absolute Gasteiger partial charge is 0.341 e. The van der Waals surface area contributed by atoms with Crippen LogP contribution in [0.3, 0.4) is 0 Å². The first kappa shape index (κ1) is 17.5. The first-order valence-corrected chi connectivity index (χ1v) is 9.88. The summed E-state index contributed by atoms with van der Waals surface area (Å²) in [6.07, 6.45) is 8.13. The molecular weight excluding hydrogens is 326 g/mol. The molecule has 5 heteroatoms. The Morgan fingerprint density at radius 3 is 2.15 bits per heavy atom. The molecule has 0 saturated heterocycles. The molecule has 4 fully saturated rings. The maximum atomic E-state index is 12.7. The van der Waals surface area contributed by atoms with E-state index in [1.165, 1.54) is 45.6 Å². The van der Waals surface area contributed by atoms with Crippen molar-refractivity contribution in [2.75, 3.05) is 13.6 Å². The predicted molar refractivity (Wildman–Crippen MR) is 100 cm³/mol. The summed E-state index contributed by atoms with van der Waals surface area (Å²) in [4.78, 5) is 24.3. The molecule has 1 aromatic carbocycles. The summed E-state index contributed by atoms with van der Waals surface area (Å²) in [7, 11) is 1.52. The Labute approximate surface area is 155 Å². The molecule has 5 rings (SSSR count). The van der Waals surface area contributed by atoms with Gasteiger partial charge in [-0.1, -0.05) is 30.3 Å². The van der Waals surface area contributed by atoms with Crippen molar-refractivity contribution in [1.29, 1.82) is 0 Å². The Morgan fingerprint density at radius 1 is 1.04 bits per heavy atom. The molecule has 0 radical (unpaired) electrons. The second-order valence-corrected chi connectivity index (χ2v) is 8.71. The monoisotopic (exact) mass is 355 g/mol. The lowest BCUT2D eigenvalue weighted by molar-refractivity contribution is -0.122. The van der Waals surface area contributed by atoms with Gasteiger partial charge in [-0.3, -0.25) is 10.1 Å². The zero-order valence-corrected chi connectivity index (χ0v) is 15.5. The van der Waals surface area contributed by atoms with Gasteiger partial charge < -0.3 is 10.6 Å². The molecule has 140 valence electrons. The molecule has 4 bridgehead atoms. The molecule has 0 aliphatic heterocycles. The van der Waals surface area contributed by atoms with Gasteiger partial charge in [0.1, 0.15) is 6.04 Å². The van der Waals surface area contributed by atoms with E-state index in [4.69, 9.17) is 0 Å². The van der Waals surface area contributed by atoms with Crippen molar-refractivity contribution >= 4 is 11.9 Å². The van der Waals surface area contributed by atoms with Gasteiger partial charge in [-0.2, -0.15) is 0 Å². The molecule has 0 unspecified atom stereocenters. The number of rotatable bonds is 5. The van der Waals surface area contributed by atoms with Crippen LogP contribution in [-0.2, 0) is 4.79 Å². The van der Waals surface area contributed by atoms with Crippen LogP contribution in [0.4, 0.5) is 4.79 Å². The van der Waals surface area contributed by atoms with E-state index in [0.29, 0.717) is 5.41 Å². The van der Waals surface area contributed by atoms with Gasteiger partial charge in [0.25, 0.3) is 0 Å². The number of hydrogen-bond donors (Lipinski definition) is 3. The first-order chi connectivity index (χ1) is 12.6. The maximum absolute atomic E-state index is 12.7. The van der Waals surface area contributed by atoms with E-state index in [1.54, 1.807) is 0 Å². The van der Waals surface area contributed by atoms with Crippen LogP contribution in [0, 0.1) is 23.2 Å². The smallest absolute Gasteiger partial charge is 0.321 e. The Bertz CT molecular complexity index is 638. The minimum Gasteiger partial charge on any atom is -0.341 e. The molecule has 3 N–H and O–H groups in total. The summed E-state index contributed by atoms with van der Waals surface area (Å²) in [5.41, 5.74) is 1.24. The highest BCUT2D eigenvalue weighted by Crippen LogP contribution is 2.59. The number of urea groups is 1. The fourth-order valence-electron chi connectivity index (χ4n) is 6.08. The summed E-state index contributed by atoms with van der Waals surface area (Å²) in [5.74, 6) is 2.37. The van der Waals surface area contributed by atoms with Gasteiger partial charge in [-0.25, -0.2) is 4.79 Å². The molecule has 0 heterocycles. The van der Waals surface area contributed by atoms with Crippen molar-refractivity contribution in [3.8, 4) is 0 Å². The lowest BCUT2D eigenvalue weighted by Crippen LogP contribution is -2.52. The molecular formula is C21H29N3O2. The predicted octanol–water partition coefficient (Wildman–Crippen LogP) is 2.99. The van der Waals surface area contributed by atoms with Crippen LogP contribution in [-0.4, -0.2) is 25.5 Å². The van der Waals surface area contributed by atoms with Gasteiger partial charge >= 0.3 is 6.03 Å². The topological polar surface area (TPSA) is 70.2 Å². The zero-order valence-electron chi connectivity index (χ0n) is 15.5. The van der Waals surface area contributed by atoms with Gasteiger partial charge in [0.05, 0.1) is 0 Å². The Hall–Kier alpha value is -1.88. The highest BCUT2D eigenvalue weighted by atomic mass is 16.2. The average Bonchev–Trinajstić information content (AvgIpc) is 2.61. The van der Waals surface area contributed by atoms with Crippen LogP contribution < -0.4 is 16.0 Å². The number of carbonyl (C=O) groups is 2. The summed E-state index contributed by atoms with van der Waals surface area (Å²) in [5, 5.41) is 8.42. The molecule has 0 spiro atoms. The van der Waals surface area contributed by atoms with Crippen molar-refractivity contribution in [2.24, 2.45) is 23.2 Å². The molecule has 1 atom stereocenters. The number of benzene rings is 1. The fraction of sp³-hybridized carbons (Fsp3) is 0.619. The van der Waals surface area contributed by atoms with Gasteiger partial charge in [0.2, 0.25) is 5.91 Å². The third kappa shape index (κ3) is 3.50. The van der Waals surface area contributed by atoms with Gasteiger partial charge in [0.15, 0.2) is 0 Å². The van der Waals surface area contributed by atoms with E-state index in [2.05, 4.69) is 16.0 Å². The summed E-state index contributed by atoms with van der Waals surface area (Å²) in [6.45, 7) is 0.858. The quantitative estimate of drug-likeness (QED) is 0.760. The normalized spacial score (nSPS) is 32.9. The maximum Gasteiger partial charge on any atom is 0.321 e. The number of nitrogens with one attached hydrogen (secondary N) is 3. The van der Waals surface area contributed by atoms with Crippen LogP contribution in [0.25, 0.3) is 0 Å². The van der Waals surface area contributed by atoms with E-state index in [0.717, 1.165) is 29.9 Å². The van der Waals surface area contributed by atoms with Crippen molar-refractivity contribution in [2.45, 2.75) is 44.6 Å². The van der Waals surface area contributed by atoms with E-state index in [-0.39, 0.29) is 5.91 Å². The Morgan fingerprint density at radius 2 is 1.62 bits per heavy atom. The molecule has 4 aliphatic carbocycles. The molecule has 5 nitrogen and oxygen atoms in total. The number of carbonyl (C=O) groups excluding carboxylic acids is 2. The number of hydrogen-bond acceptors (Lipinski definition) is 3. The van der Waals surface area contributed by atoms with Crippen molar-refractivity contribution < 1.29 is 9.59 Å². The van der Waals surface area contributed by atoms with E-state index in [1.807, 2.05) is 30.3 Å². The lowest BCUT2D eigenvalue weighted by atomic mass is 9.49. The average molecular weight is 355 g/mol. The second-order valence-electron chi connectivity index (χ2n) is 8.71. The third-order valence-corrected chi connectivity index (χ3v) is 6.71. The molecule has 0 aromatic heterocycles. The van der Waals surface area contributed by atoms with Crippen molar-refractivity contribution in [1.82, 2.24) is 16.0 Å². The minimum absolute atomic E-state index is 0.291. The van der Waals surface area contributed by atoms with Gasteiger partial charge in [0, 0.05) is 13.6 Å². The van der Waals surface area contributed by atoms with Crippen LogP contribution in [0.15, 0.2) is 30.3 Å². The standard InChI is InChI=1S/C21H29N3O2/c1-22-20(26)24-19(25)18(17-5-3-2-4-6-17)23-13-21-10-14-7-15(11-21)9-16(8-14)12-21/h2-6,14-16,18,23H,7-13H2,1H3,(H2,22,24,25,26)/t14?,15?,16?,18-,21?/m1/s1. The summed E-state index contributed by atoms with van der Waals surface area (Å²) < 4.78 is 0. The van der Waals surface area contributed by atoms with Crippen LogP contribution >= 0.6 is 0 Å². The minimum atomic E-state index is -0.499. The Kier molecular flexibility index (Phi) is 4.74. The van der Waals surface area contributed by atoms with E-state index in [9.17, 15) is 9.59 Å². The van der Waals surface area contributed by atoms with Crippen molar-refractivity contribution in [3.05, 3.63) is 35.9 Å². The molecule has 4 aliphatic rings. The molecule has 3 amide bonds. The zero-order chi connectivity index (χ0) is 18.1. The van der Waals surface area contributed by atoms with Crippen LogP contribution in [0.1, 0.15) is 50.1 Å². The van der Waals surface area contributed by atoms with Crippen LogP contribution in [0.5, 0.6) is 0 Å². The molecule has 26 heavy (non-hydrogen) atoms. The highest BCUT2D eigenvalue weighted by molar-refractivity contribution is 5.97. The highest BCUT2D eigenvalue weighted by Gasteiger charge is 2.50. The van der Waals surface area contributed by atoms with Gasteiger partial charge in [-0.15, -0.1) is 0 Å². The fourth-order valence-corrected chi connectivity index (χ4v) is 6.08. The summed E-state index contributed by atoms with van der Waals surface area (Å²) >= 11 is 0. The molecule has 4 saturated carbocycles. The van der Waals surface area contributed by atoms with Crippen molar-refractivity contribution in [3.63, 3.8) is 0 Å². The third-order valence-electron chi connectivity index (χ3n) is 6.71. The number of amides is 3. The lowest BCUT2D eigenvalue weighted by Gasteiger charge is -2.57. The van der Waals surface area contributed by atoms with E-state index >= 15 is 0 Å². The van der Waals surface area contributed by atoms with Gasteiger partial charge in [-0.05, 0) is 67.3 Å². The van der Waals surface area contributed by atoms with E-state index < -0.39 is 12.1 Å². The first-order valence-electron chi connectivity index (χ1n) is 9.88. The number of imide groups is 1. The SMILES string of the molecule is CNC(=O)NC(=O)[C@H](NCC12CC3CC(CC(C3)C1)C2)c1ccccc1. The summed E-state index contributed by atoms with van der Waals surface area (Å²) in [6, 6.07) is 8.73.